The van der Waals surface area contributed by atoms with Crippen molar-refractivity contribution < 1.29 is 4.79 Å². The van der Waals surface area contributed by atoms with Crippen molar-refractivity contribution >= 4 is 5.91 Å². The normalized spacial score (nSPS) is 28.5. The molecule has 13 heavy (non-hydrogen) atoms. The third-order valence-corrected chi connectivity index (χ3v) is 3.21. The van der Waals surface area contributed by atoms with Gasteiger partial charge in [-0.2, -0.15) is 0 Å². The lowest BCUT2D eigenvalue weighted by atomic mass is 9.80. The van der Waals surface area contributed by atoms with Crippen LogP contribution in [-0.4, -0.2) is 24.9 Å². The first-order valence-electron chi connectivity index (χ1n) is 5.36. The highest BCUT2D eigenvalue weighted by atomic mass is 16.2. The topological polar surface area (TPSA) is 20.3 Å². The Kier molecular flexibility index (Phi) is 3.76. The molecule has 2 heteroatoms. The number of rotatable bonds is 2. The molecule has 2 nitrogen and oxygen atoms in total. The second-order valence-electron chi connectivity index (χ2n) is 4.36. The molecular weight excluding hydrogens is 162 g/mol. The van der Waals surface area contributed by atoms with Crippen LogP contribution in [0.3, 0.4) is 0 Å². The van der Waals surface area contributed by atoms with E-state index in [0.29, 0.717) is 11.8 Å². The lowest BCUT2D eigenvalue weighted by molar-refractivity contribution is -0.134. The van der Waals surface area contributed by atoms with Gasteiger partial charge >= 0.3 is 0 Å². The smallest absolute Gasteiger partial charge is 0.225 e. The van der Waals surface area contributed by atoms with E-state index < -0.39 is 0 Å². The van der Waals surface area contributed by atoms with Crippen molar-refractivity contribution in [2.45, 2.75) is 39.0 Å². The fourth-order valence-electron chi connectivity index (χ4n) is 2.18. The monoisotopic (exact) mass is 183 g/mol. The number of carbonyl (C=O) groups is 1. The maximum absolute atomic E-state index is 11.6. The van der Waals surface area contributed by atoms with Gasteiger partial charge in [0.1, 0.15) is 0 Å². The van der Waals surface area contributed by atoms with Crippen molar-refractivity contribution in [3.05, 3.63) is 0 Å². The second kappa shape index (κ2) is 4.64. The molecule has 0 spiro atoms. The molecule has 1 aliphatic carbocycles. The average Bonchev–Trinajstić information content (AvgIpc) is 2.17. The minimum atomic E-state index is 0.317. The molecule has 1 aliphatic rings. The highest BCUT2D eigenvalue weighted by Gasteiger charge is 2.26. The molecule has 0 aromatic heterocycles. The molecular formula is C11H21NO. The van der Waals surface area contributed by atoms with Gasteiger partial charge in [0.25, 0.3) is 0 Å². The van der Waals surface area contributed by atoms with Gasteiger partial charge < -0.3 is 4.90 Å². The summed E-state index contributed by atoms with van der Waals surface area (Å²) in [4.78, 5) is 13.4. The molecule has 0 radical (unpaired) electrons. The van der Waals surface area contributed by atoms with E-state index in [0.717, 1.165) is 18.8 Å². The Balaban J connectivity index is 2.36. The Bertz CT molecular complexity index is 169. The molecule has 0 heterocycles. The first-order valence-corrected chi connectivity index (χ1v) is 5.36. The Morgan fingerprint density at radius 2 is 1.77 bits per heavy atom. The van der Waals surface area contributed by atoms with Crippen molar-refractivity contribution in [1.29, 1.82) is 0 Å². The summed E-state index contributed by atoms with van der Waals surface area (Å²) in [7, 11) is 3.71. The van der Waals surface area contributed by atoms with Gasteiger partial charge in [-0.05, 0) is 31.6 Å². The van der Waals surface area contributed by atoms with Crippen LogP contribution in [-0.2, 0) is 4.79 Å². The molecule has 1 fully saturated rings. The number of hydrogen-bond donors (Lipinski definition) is 0. The van der Waals surface area contributed by atoms with Crippen LogP contribution in [0.5, 0.6) is 0 Å². The van der Waals surface area contributed by atoms with E-state index >= 15 is 0 Å². The zero-order valence-electron chi connectivity index (χ0n) is 9.05. The van der Waals surface area contributed by atoms with Crippen LogP contribution < -0.4 is 0 Å². The van der Waals surface area contributed by atoms with Crippen LogP contribution in [0.15, 0.2) is 0 Å². The highest BCUT2D eigenvalue weighted by Crippen LogP contribution is 2.31. The number of carbonyl (C=O) groups excluding carboxylic acids is 1. The standard InChI is InChI=1S/C11H21NO/c1-4-9-5-7-10(8-6-9)11(13)12(2)3/h9-10H,4-8H2,1-3H3/t9-,10+. The summed E-state index contributed by atoms with van der Waals surface area (Å²) in [6.07, 6.45) is 6.00. The Labute approximate surface area is 81.3 Å². The Morgan fingerprint density at radius 3 is 2.15 bits per heavy atom. The van der Waals surface area contributed by atoms with Crippen LogP contribution in [0.4, 0.5) is 0 Å². The van der Waals surface area contributed by atoms with Crippen LogP contribution in [0.25, 0.3) is 0 Å². The average molecular weight is 183 g/mol. The van der Waals surface area contributed by atoms with Crippen LogP contribution in [0.2, 0.25) is 0 Å². The molecule has 0 aromatic rings. The lowest BCUT2D eigenvalue weighted by Gasteiger charge is -2.28. The molecule has 1 rings (SSSR count). The minimum absolute atomic E-state index is 0.317. The van der Waals surface area contributed by atoms with Crippen LogP contribution in [0, 0.1) is 11.8 Å². The third-order valence-electron chi connectivity index (χ3n) is 3.21. The zero-order chi connectivity index (χ0) is 9.84. The highest BCUT2D eigenvalue weighted by molar-refractivity contribution is 5.78. The van der Waals surface area contributed by atoms with E-state index in [1.165, 1.54) is 19.3 Å². The van der Waals surface area contributed by atoms with Crippen molar-refractivity contribution in [2.75, 3.05) is 14.1 Å². The summed E-state index contributed by atoms with van der Waals surface area (Å²) in [6, 6.07) is 0. The minimum Gasteiger partial charge on any atom is -0.349 e. The van der Waals surface area contributed by atoms with E-state index in [2.05, 4.69) is 6.92 Å². The lowest BCUT2D eigenvalue weighted by Crippen LogP contribution is -2.32. The van der Waals surface area contributed by atoms with Gasteiger partial charge in [-0.3, -0.25) is 4.79 Å². The van der Waals surface area contributed by atoms with E-state index in [1.54, 1.807) is 4.90 Å². The Hall–Kier alpha value is -0.530. The van der Waals surface area contributed by atoms with Crippen molar-refractivity contribution in [1.82, 2.24) is 4.90 Å². The van der Waals surface area contributed by atoms with Crippen molar-refractivity contribution in [3.8, 4) is 0 Å². The van der Waals surface area contributed by atoms with Crippen LogP contribution >= 0.6 is 0 Å². The predicted molar refractivity (Wildman–Crippen MR) is 54.4 cm³/mol. The summed E-state index contributed by atoms with van der Waals surface area (Å²) in [5.74, 6) is 1.53. The summed E-state index contributed by atoms with van der Waals surface area (Å²) in [5, 5.41) is 0. The summed E-state index contributed by atoms with van der Waals surface area (Å²) in [5.41, 5.74) is 0. The largest absolute Gasteiger partial charge is 0.349 e. The zero-order valence-corrected chi connectivity index (χ0v) is 9.05. The van der Waals surface area contributed by atoms with Gasteiger partial charge in [0.05, 0.1) is 0 Å². The van der Waals surface area contributed by atoms with E-state index in [4.69, 9.17) is 0 Å². The van der Waals surface area contributed by atoms with Gasteiger partial charge in [-0.25, -0.2) is 0 Å². The molecule has 0 saturated heterocycles. The first-order chi connectivity index (χ1) is 6.15. The van der Waals surface area contributed by atoms with Gasteiger partial charge in [0.15, 0.2) is 0 Å². The van der Waals surface area contributed by atoms with Gasteiger partial charge in [-0.15, -0.1) is 0 Å². The molecule has 0 aliphatic heterocycles. The maximum Gasteiger partial charge on any atom is 0.225 e. The summed E-state index contributed by atoms with van der Waals surface area (Å²) in [6.45, 7) is 2.25. The quantitative estimate of drug-likeness (QED) is 0.643. The van der Waals surface area contributed by atoms with Gasteiger partial charge in [0, 0.05) is 20.0 Å². The number of amides is 1. The van der Waals surface area contributed by atoms with E-state index in [1.807, 2.05) is 14.1 Å². The van der Waals surface area contributed by atoms with Crippen LogP contribution in [0.1, 0.15) is 39.0 Å². The van der Waals surface area contributed by atoms with E-state index in [-0.39, 0.29) is 0 Å². The Morgan fingerprint density at radius 1 is 1.23 bits per heavy atom. The molecule has 0 aromatic carbocycles. The maximum atomic E-state index is 11.6. The van der Waals surface area contributed by atoms with E-state index in [9.17, 15) is 4.79 Å². The van der Waals surface area contributed by atoms with Gasteiger partial charge in [-0.1, -0.05) is 13.3 Å². The number of hydrogen-bond acceptors (Lipinski definition) is 1. The third kappa shape index (κ3) is 2.71. The number of nitrogens with zero attached hydrogens (tertiary/aromatic N) is 1. The molecule has 0 bridgehead atoms. The SMILES string of the molecule is CC[C@H]1CC[C@@H](C(=O)N(C)C)CC1. The van der Waals surface area contributed by atoms with Gasteiger partial charge in [0.2, 0.25) is 5.91 Å². The summed E-state index contributed by atoms with van der Waals surface area (Å²) >= 11 is 0. The fraction of sp³-hybridized carbons (Fsp3) is 0.909. The molecule has 76 valence electrons. The molecule has 0 unspecified atom stereocenters. The molecule has 1 saturated carbocycles. The predicted octanol–water partition coefficient (Wildman–Crippen LogP) is 2.29. The fourth-order valence-corrected chi connectivity index (χ4v) is 2.18. The first kappa shape index (κ1) is 10.6. The van der Waals surface area contributed by atoms with Crippen molar-refractivity contribution in [3.63, 3.8) is 0 Å². The molecule has 1 amide bonds. The molecule has 0 N–H and O–H groups in total. The van der Waals surface area contributed by atoms with Crippen molar-refractivity contribution in [2.24, 2.45) is 11.8 Å². The second-order valence-corrected chi connectivity index (χ2v) is 4.36. The molecule has 0 atom stereocenters. The summed E-state index contributed by atoms with van der Waals surface area (Å²) < 4.78 is 0.